The Balaban J connectivity index is 1.23. The highest BCUT2D eigenvalue weighted by molar-refractivity contribution is 5.75. The average Bonchev–Trinajstić information content (AvgIpc) is 3.29. The van der Waals surface area contributed by atoms with Crippen LogP contribution in [0, 0.1) is 0 Å². The predicted octanol–water partition coefficient (Wildman–Crippen LogP) is 4.89. The number of hydrogen-bond acceptors (Lipinski definition) is 7. The van der Waals surface area contributed by atoms with E-state index in [1.165, 1.54) is 5.56 Å². The smallest absolute Gasteiger partial charge is 0.258 e. The topological polar surface area (TPSA) is 86.3 Å². The van der Waals surface area contributed by atoms with Crippen LogP contribution in [0.3, 0.4) is 0 Å². The Hall–Kier alpha value is -3.68. The predicted molar refractivity (Wildman–Crippen MR) is 136 cm³/mol. The number of aromatic nitrogens is 4. The van der Waals surface area contributed by atoms with Crippen molar-refractivity contribution in [3.05, 3.63) is 70.7 Å². The number of aryl methyl sites for hydroxylation is 1. The van der Waals surface area contributed by atoms with E-state index in [0.29, 0.717) is 11.6 Å². The molecule has 1 fully saturated rings. The molecule has 0 spiro atoms. The summed E-state index contributed by atoms with van der Waals surface area (Å²) >= 11 is 0. The molecule has 5 rings (SSSR count). The molecule has 1 aromatic carbocycles. The second kappa shape index (κ2) is 9.90. The zero-order chi connectivity index (χ0) is 24.4. The van der Waals surface area contributed by atoms with Gasteiger partial charge in [0, 0.05) is 56.5 Å². The number of pyridine rings is 1. The van der Waals surface area contributed by atoms with E-state index in [0.717, 1.165) is 61.5 Å². The second-order valence-electron chi connectivity index (χ2n) is 9.38. The van der Waals surface area contributed by atoms with E-state index in [1.54, 1.807) is 16.8 Å². The van der Waals surface area contributed by atoms with Gasteiger partial charge < -0.3 is 14.1 Å². The van der Waals surface area contributed by atoms with Gasteiger partial charge in [0.1, 0.15) is 17.4 Å². The van der Waals surface area contributed by atoms with Crippen LogP contribution in [0.25, 0.3) is 16.8 Å². The average molecular weight is 474 g/mol. The Labute approximate surface area is 204 Å². The number of benzene rings is 1. The van der Waals surface area contributed by atoms with Gasteiger partial charge in [-0.3, -0.25) is 9.36 Å². The highest BCUT2D eigenvalue weighted by atomic mass is 16.5. The van der Waals surface area contributed by atoms with E-state index in [1.807, 2.05) is 50.5 Å². The standard InChI is InChI=1S/C27H31N5O3/c1-4-5-19-16-28-27(29-17-19)31-11-8-21(9-12-31)34-22-10-13-32(25(33)15-22)20-6-7-24-23(14-20)30-26(35-24)18(2)3/h6-7,10,13-18,21H,4-5,8-9,11-12H2,1-3H3. The Morgan fingerprint density at radius 3 is 2.57 bits per heavy atom. The number of oxazole rings is 1. The van der Waals surface area contributed by atoms with E-state index in [4.69, 9.17) is 9.15 Å². The van der Waals surface area contributed by atoms with Crippen LogP contribution in [0.15, 0.2) is 58.1 Å². The molecule has 1 aliphatic rings. The van der Waals surface area contributed by atoms with Gasteiger partial charge in [-0.2, -0.15) is 0 Å². The van der Waals surface area contributed by atoms with E-state index in [-0.39, 0.29) is 17.6 Å². The summed E-state index contributed by atoms with van der Waals surface area (Å²) in [5.41, 5.74) is 3.24. The first-order chi connectivity index (χ1) is 17.0. The van der Waals surface area contributed by atoms with E-state index in [9.17, 15) is 4.79 Å². The van der Waals surface area contributed by atoms with Crippen LogP contribution < -0.4 is 15.2 Å². The normalized spacial score (nSPS) is 14.7. The third kappa shape index (κ3) is 5.06. The number of rotatable bonds is 7. The highest BCUT2D eigenvalue weighted by Crippen LogP contribution is 2.24. The molecule has 4 heterocycles. The number of anilines is 1. The van der Waals surface area contributed by atoms with Gasteiger partial charge in [-0.25, -0.2) is 15.0 Å². The van der Waals surface area contributed by atoms with Crippen molar-refractivity contribution >= 4 is 17.0 Å². The minimum atomic E-state index is -0.146. The molecule has 182 valence electrons. The van der Waals surface area contributed by atoms with Crippen molar-refractivity contribution in [3.63, 3.8) is 0 Å². The van der Waals surface area contributed by atoms with Crippen LogP contribution in [0.5, 0.6) is 5.75 Å². The van der Waals surface area contributed by atoms with Gasteiger partial charge in [-0.05, 0) is 36.2 Å². The lowest BCUT2D eigenvalue weighted by Crippen LogP contribution is -2.39. The molecule has 0 atom stereocenters. The van der Waals surface area contributed by atoms with Crippen LogP contribution in [-0.4, -0.2) is 38.7 Å². The van der Waals surface area contributed by atoms with Crippen molar-refractivity contribution in [2.75, 3.05) is 18.0 Å². The number of fused-ring (bicyclic) bond motifs is 1. The molecule has 1 saturated heterocycles. The molecule has 8 nitrogen and oxygen atoms in total. The molecule has 0 N–H and O–H groups in total. The Kier molecular flexibility index (Phi) is 6.53. The molecule has 8 heteroatoms. The fraction of sp³-hybridized carbons (Fsp3) is 0.407. The number of ether oxygens (including phenoxy) is 1. The summed E-state index contributed by atoms with van der Waals surface area (Å²) < 4.78 is 13.5. The zero-order valence-corrected chi connectivity index (χ0v) is 20.5. The van der Waals surface area contributed by atoms with E-state index < -0.39 is 0 Å². The first-order valence-corrected chi connectivity index (χ1v) is 12.4. The van der Waals surface area contributed by atoms with Gasteiger partial charge >= 0.3 is 0 Å². The lowest BCUT2D eigenvalue weighted by molar-refractivity contribution is 0.170. The summed E-state index contributed by atoms with van der Waals surface area (Å²) in [6, 6.07) is 8.99. The molecule has 0 bridgehead atoms. The lowest BCUT2D eigenvalue weighted by atomic mass is 10.1. The monoisotopic (exact) mass is 473 g/mol. The van der Waals surface area contributed by atoms with Crippen molar-refractivity contribution in [1.29, 1.82) is 0 Å². The second-order valence-corrected chi connectivity index (χ2v) is 9.38. The summed E-state index contributed by atoms with van der Waals surface area (Å²) in [5.74, 6) is 2.26. The summed E-state index contributed by atoms with van der Waals surface area (Å²) in [4.78, 5) is 28.7. The van der Waals surface area contributed by atoms with Gasteiger partial charge in [0.2, 0.25) is 5.95 Å². The number of nitrogens with zero attached hydrogens (tertiary/aromatic N) is 5. The van der Waals surface area contributed by atoms with Crippen LogP contribution in [0.1, 0.15) is 57.4 Å². The molecule has 0 saturated carbocycles. The Morgan fingerprint density at radius 1 is 1.11 bits per heavy atom. The highest BCUT2D eigenvalue weighted by Gasteiger charge is 2.22. The fourth-order valence-electron chi connectivity index (χ4n) is 4.37. The molecule has 1 aliphatic heterocycles. The van der Waals surface area contributed by atoms with Crippen molar-refractivity contribution in [2.45, 2.75) is 58.5 Å². The van der Waals surface area contributed by atoms with Crippen LogP contribution in [0.4, 0.5) is 5.95 Å². The maximum atomic E-state index is 12.9. The minimum absolute atomic E-state index is 0.0572. The molecule has 0 unspecified atom stereocenters. The third-order valence-corrected chi connectivity index (χ3v) is 6.31. The maximum absolute atomic E-state index is 12.9. The molecular weight excluding hydrogens is 442 g/mol. The van der Waals surface area contributed by atoms with Gasteiger partial charge in [0.25, 0.3) is 5.56 Å². The fourth-order valence-corrected chi connectivity index (χ4v) is 4.37. The quantitative estimate of drug-likeness (QED) is 0.378. The molecule has 4 aromatic rings. The van der Waals surface area contributed by atoms with E-state index >= 15 is 0 Å². The molecule has 3 aromatic heterocycles. The van der Waals surface area contributed by atoms with Gasteiger partial charge in [0.05, 0.1) is 5.69 Å². The van der Waals surface area contributed by atoms with Crippen molar-refractivity contribution in [2.24, 2.45) is 0 Å². The molecule has 35 heavy (non-hydrogen) atoms. The van der Waals surface area contributed by atoms with Crippen LogP contribution >= 0.6 is 0 Å². The lowest BCUT2D eigenvalue weighted by Gasteiger charge is -2.32. The summed E-state index contributed by atoms with van der Waals surface area (Å²) in [6.07, 6.45) is 9.45. The first-order valence-electron chi connectivity index (χ1n) is 12.4. The Morgan fingerprint density at radius 2 is 1.89 bits per heavy atom. The van der Waals surface area contributed by atoms with Gasteiger partial charge in [0.15, 0.2) is 11.5 Å². The van der Waals surface area contributed by atoms with Gasteiger partial charge in [-0.15, -0.1) is 0 Å². The molecule has 0 amide bonds. The van der Waals surface area contributed by atoms with Crippen molar-refractivity contribution in [1.82, 2.24) is 19.5 Å². The number of hydrogen-bond donors (Lipinski definition) is 0. The first kappa shape index (κ1) is 23.1. The maximum Gasteiger partial charge on any atom is 0.258 e. The molecule has 0 radical (unpaired) electrons. The van der Waals surface area contributed by atoms with Crippen molar-refractivity contribution < 1.29 is 9.15 Å². The zero-order valence-electron chi connectivity index (χ0n) is 20.5. The van der Waals surface area contributed by atoms with Crippen LogP contribution in [0.2, 0.25) is 0 Å². The molecular formula is C27H31N5O3. The molecule has 0 aliphatic carbocycles. The summed E-state index contributed by atoms with van der Waals surface area (Å²) in [7, 11) is 0. The number of piperidine rings is 1. The van der Waals surface area contributed by atoms with E-state index in [2.05, 4.69) is 26.8 Å². The SMILES string of the molecule is CCCc1cnc(N2CCC(Oc3ccn(-c4ccc5oc(C(C)C)nc5c4)c(=O)c3)CC2)nc1. The summed E-state index contributed by atoms with van der Waals surface area (Å²) in [5, 5.41) is 0. The Bertz CT molecular complexity index is 1350. The van der Waals surface area contributed by atoms with Crippen LogP contribution in [-0.2, 0) is 6.42 Å². The van der Waals surface area contributed by atoms with Crippen molar-refractivity contribution in [3.8, 4) is 11.4 Å². The van der Waals surface area contributed by atoms with Gasteiger partial charge in [-0.1, -0.05) is 27.2 Å². The largest absolute Gasteiger partial charge is 0.490 e. The minimum Gasteiger partial charge on any atom is -0.490 e. The summed E-state index contributed by atoms with van der Waals surface area (Å²) in [6.45, 7) is 7.88. The third-order valence-electron chi connectivity index (χ3n) is 6.31.